The Hall–Kier alpha value is -4.88. The van der Waals surface area contributed by atoms with E-state index in [9.17, 15) is 0 Å². The van der Waals surface area contributed by atoms with E-state index in [1.54, 1.807) is 0 Å². The van der Waals surface area contributed by atoms with E-state index in [0.717, 1.165) is 6.42 Å². The quantitative estimate of drug-likeness (QED) is 0.190. The fourth-order valence-corrected chi connectivity index (χ4v) is 6.33. The van der Waals surface area contributed by atoms with Crippen LogP contribution in [0.3, 0.4) is 0 Å². The van der Waals surface area contributed by atoms with Crippen molar-refractivity contribution < 1.29 is 0 Å². The Morgan fingerprint density at radius 2 is 1.14 bits per heavy atom. The number of anilines is 3. The fraction of sp³-hybridized carbons (Fsp3) is 0.122. The predicted octanol–water partition coefficient (Wildman–Crippen LogP) is 11.1. The minimum atomic E-state index is 1.16. The monoisotopic (exact) mass is 541 g/mol. The van der Waals surface area contributed by atoms with Crippen molar-refractivity contribution in [3.8, 4) is 0 Å². The first-order valence-electron chi connectivity index (χ1n) is 15.1. The molecule has 0 amide bonds. The van der Waals surface area contributed by atoms with E-state index in [2.05, 4.69) is 157 Å². The summed E-state index contributed by atoms with van der Waals surface area (Å²) in [7, 11) is 0. The van der Waals surface area contributed by atoms with E-state index in [4.69, 9.17) is 0 Å². The highest BCUT2D eigenvalue weighted by Gasteiger charge is 2.19. The summed E-state index contributed by atoms with van der Waals surface area (Å²) in [6.45, 7) is 2.15. The van der Waals surface area contributed by atoms with Crippen molar-refractivity contribution in [1.82, 2.24) is 0 Å². The molecule has 0 heterocycles. The second-order valence-corrected chi connectivity index (χ2v) is 11.3. The molecule has 0 radical (unpaired) electrons. The molecule has 0 bridgehead atoms. The van der Waals surface area contributed by atoms with Crippen molar-refractivity contribution in [3.05, 3.63) is 173 Å². The van der Waals surface area contributed by atoms with Crippen LogP contribution in [0.1, 0.15) is 46.2 Å². The molecule has 0 unspecified atom stereocenters. The zero-order valence-electron chi connectivity index (χ0n) is 24.1. The maximum atomic E-state index is 2.44. The van der Waals surface area contributed by atoms with Crippen LogP contribution in [0, 0.1) is 6.92 Å². The molecule has 0 aromatic heterocycles. The van der Waals surface area contributed by atoms with Crippen LogP contribution in [0.2, 0.25) is 0 Å². The van der Waals surface area contributed by atoms with Gasteiger partial charge in [0.05, 0.1) is 5.69 Å². The van der Waals surface area contributed by atoms with Gasteiger partial charge in [0.15, 0.2) is 0 Å². The Morgan fingerprint density at radius 1 is 0.548 bits per heavy atom. The van der Waals surface area contributed by atoms with Crippen LogP contribution in [-0.4, -0.2) is 0 Å². The van der Waals surface area contributed by atoms with Crippen LogP contribution in [0.5, 0.6) is 0 Å². The van der Waals surface area contributed by atoms with Gasteiger partial charge in [-0.05, 0) is 108 Å². The van der Waals surface area contributed by atoms with Gasteiger partial charge in [-0.2, -0.15) is 0 Å². The second-order valence-electron chi connectivity index (χ2n) is 11.3. The normalized spacial score (nSPS) is 12.5. The lowest BCUT2D eigenvalue weighted by molar-refractivity contribution is 0.685. The lowest BCUT2D eigenvalue weighted by Crippen LogP contribution is -2.12. The van der Waals surface area contributed by atoms with Crippen LogP contribution in [0.25, 0.3) is 22.4 Å². The van der Waals surface area contributed by atoms with Gasteiger partial charge in [0, 0.05) is 16.8 Å². The third-order valence-corrected chi connectivity index (χ3v) is 8.53. The van der Waals surface area contributed by atoms with Crippen LogP contribution in [0.15, 0.2) is 140 Å². The van der Waals surface area contributed by atoms with Crippen molar-refractivity contribution in [2.45, 2.75) is 32.6 Å². The summed E-state index contributed by atoms with van der Waals surface area (Å²) >= 11 is 0. The summed E-state index contributed by atoms with van der Waals surface area (Å²) in [5.41, 5.74) is 12.7. The molecule has 6 aromatic rings. The van der Waals surface area contributed by atoms with Gasteiger partial charge < -0.3 is 4.90 Å². The lowest BCUT2D eigenvalue weighted by Gasteiger charge is -2.29. The summed E-state index contributed by atoms with van der Waals surface area (Å²) in [5.74, 6) is 0. The average Bonchev–Trinajstić information content (AvgIpc) is 3.06. The number of fused-ring (bicyclic) bond motifs is 2. The molecule has 1 aliphatic rings. The Morgan fingerprint density at radius 3 is 1.83 bits per heavy atom. The number of aryl methyl sites for hydroxylation is 3. The molecular weight excluding hydrogens is 506 g/mol. The first kappa shape index (κ1) is 26.0. The molecule has 0 saturated carbocycles. The molecule has 0 fully saturated rings. The number of hydrogen-bond acceptors (Lipinski definition) is 1. The smallest absolute Gasteiger partial charge is 0.0540 e. The van der Waals surface area contributed by atoms with Gasteiger partial charge in [-0.25, -0.2) is 0 Å². The first-order valence-corrected chi connectivity index (χ1v) is 15.1. The maximum Gasteiger partial charge on any atom is 0.0540 e. The molecule has 1 nitrogen and oxygen atoms in total. The van der Waals surface area contributed by atoms with Crippen molar-refractivity contribution in [3.63, 3.8) is 0 Å². The number of rotatable bonds is 6. The summed E-state index contributed by atoms with van der Waals surface area (Å²) in [5, 5.41) is 2.49. The lowest BCUT2D eigenvalue weighted by atomic mass is 9.91. The van der Waals surface area contributed by atoms with Crippen LogP contribution >= 0.6 is 0 Å². The molecule has 0 aliphatic heterocycles. The number of benzene rings is 6. The molecule has 42 heavy (non-hydrogen) atoms. The highest BCUT2D eigenvalue weighted by atomic mass is 15.1. The fourth-order valence-electron chi connectivity index (χ4n) is 6.33. The largest absolute Gasteiger partial charge is 0.310 e. The van der Waals surface area contributed by atoms with Crippen molar-refractivity contribution in [2.75, 3.05) is 4.90 Å². The summed E-state index contributed by atoms with van der Waals surface area (Å²) in [6.07, 6.45) is 7.27. The molecule has 1 heteroatoms. The second kappa shape index (κ2) is 11.5. The van der Waals surface area contributed by atoms with E-state index in [1.165, 1.54) is 86.1 Å². The molecule has 6 aromatic carbocycles. The standard InChI is InChI=1S/C41H35N/c1-30-20-24-36(25-21-30)42(37-26-22-31-12-8-9-17-34(31)28-37)41-27-23-35(38-18-10-11-19-39(38)41)29-40(32-13-4-2-5-14-32)33-15-6-3-7-16-33/h2-7,10-11,13-16,18-29H,8-9,12,17H2,1H3. The summed E-state index contributed by atoms with van der Waals surface area (Å²) in [6, 6.07) is 50.9. The average molecular weight is 542 g/mol. The SMILES string of the molecule is Cc1ccc(N(c2ccc3c(c2)CCCC3)c2ccc(C=C(c3ccccc3)c3ccccc3)c3ccccc23)cc1. The molecule has 0 N–H and O–H groups in total. The summed E-state index contributed by atoms with van der Waals surface area (Å²) < 4.78 is 0. The van der Waals surface area contributed by atoms with E-state index in [0.29, 0.717) is 0 Å². The zero-order chi connectivity index (χ0) is 28.3. The third-order valence-electron chi connectivity index (χ3n) is 8.53. The maximum absolute atomic E-state index is 2.44. The molecular formula is C41H35N. The highest BCUT2D eigenvalue weighted by molar-refractivity contribution is 6.05. The van der Waals surface area contributed by atoms with E-state index >= 15 is 0 Å². The Labute approximate surface area is 249 Å². The topological polar surface area (TPSA) is 3.24 Å². The molecule has 0 saturated heterocycles. The molecule has 0 spiro atoms. The van der Waals surface area contributed by atoms with Crippen LogP contribution in [-0.2, 0) is 12.8 Å². The van der Waals surface area contributed by atoms with Crippen molar-refractivity contribution >= 4 is 39.5 Å². The Balaban J connectivity index is 1.42. The highest BCUT2D eigenvalue weighted by Crippen LogP contribution is 2.42. The minimum Gasteiger partial charge on any atom is -0.310 e. The Bertz CT molecular complexity index is 1820. The van der Waals surface area contributed by atoms with Gasteiger partial charge in [0.25, 0.3) is 0 Å². The van der Waals surface area contributed by atoms with Gasteiger partial charge in [-0.15, -0.1) is 0 Å². The first-order chi connectivity index (χ1) is 20.7. The van der Waals surface area contributed by atoms with Crippen molar-refractivity contribution in [2.24, 2.45) is 0 Å². The van der Waals surface area contributed by atoms with Gasteiger partial charge in [0.2, 0.25) is 0 Å². The molecule has 1 aliphatic carbocycles. The molecule has 0 atom stereocenters. The summed E-state index contributed by atoms with van der Waals surface area (Å²) in [4.78, 5) is 2.44. The van der Waals surface area contributed by atoms with E-state index < -0.39 is 0 Å². The van der Waals surface area contributed by atoms with E-state index in [1.807, 2.05) is 0 Å². The molecule has 7 rings (SSSR count). The third kappa shape index (κ3) is 5.15. The zero-order valence-corrected chi connectivity index (χ0v) is 24.1. The predicted molar refractivity (Wildman–Crippen MR) is 180 cm³/mol. The van der Waals surface area contributed by atoms with Gasteiger partial charge in [0.1, 0.15) is 0 Å². The van der Waals surface area contributed by atoms with Gasteiger partial charge in [-0.3, -0.25) is 0 Å². The van der Waals surface area contributed by atoms with Crippen LogP contribution in [0.4, 0.5) is 17.1 Å². The molecule has 204 valence electrons. The van der Waals surface area contributed by atoms with Crippen LogP contribution < -0.4 is 4.90 Å². The Kier molecular flexibility index (Phi) is 7.16. The van der Waals surface area contributed by atoms with E-state index in [-0.39, 0.29) is 0 Å². The minimum absolute atomic E-state index is 1.16. The van der Waals surface area contributed by atoms with Crippen molar-refractivity contribution in [1.29, 1.82) is 0 Å². The number of hydrogen-bond donors (Lipinski definition) is 0. The van der Waals surface area contributed by atoms with Gasteiger partial charge >= 0.3 is 0 Å². The van der Waals surface area contributed by atoms with Gasteiger partial charge in [-0.1, -0.05) is 115 Å². The number of nitrogens with zero attached hydrogens (tertiary/aromatic N) is 1.